The van der Waals surface area contributed by atoms with Gasteiger partial charge in [-0.1, -0.05) is 40.5 Å². The lowest BCUT2D eigenvalue weighted by molar-refractivity contribution is -0.00782. The number of ether oxygens (including phenoxy) is 4. The minimum atomic E-state index is 0.177. The minimum Gasteiger partial charge on any atom is -0.379 e. The van der Waals surface area contributed by atoms with Gasteiger partial charge in [0.25, 0.3) is 0 Å². The molecule has 4 atom stereocenters. The van der Waals surface area contributed by atoms with Gasteiger partial charge in [-0.3, -0.25) is 0 Å². The average molecular weight is 379 g/mol. The van der Waals surface area contributed by atoms with Crippen LogP contribution in [0.3, 0.4) is 0 Å². The molecule has 0 aromatic heterocycles. The van der Waals surface area contributed by atoms with E-state index in [4.69, 9.17) is 18.9 Å². The van der Waals surface area contributed by atoms with E-state index in [-0.39, 0.29) is 12.2 Å². The van der Waals surface area contributed by atoms with E-state index in [1.165, 1.54) is 12.8 Å². The Morgan fingerprint density at radius 1 is 0.640 bits per heavy atom. The van der Waals surface area contributed by atoms with Crippen molar-refractivity contribution in [2.45, 2.75) is 90.8 Å². The maximum absolute atomic E-state index is 5.91. The van der Waals surface area contributed by atoms with Crippen molar-refractivity contribution in [2.75, 3.05) is 39.6 Å². The van der Waals surface area contributed by atoms with Gasteiger partial charge in [0.1, 0.15) is 0 Å². The summed E-state index contributed by atoms with van der Waals surface area (Å²) in [7, 11) is 0.852. The summed E-state index contributed by atoms with van der Waals surface area (Å²) < 4.78 is 23.0. The molecular formula is C20H43O4P. The molecule has 0 saturated heterocycles. The summed E-state index contributed by atoms with van der Waals surface area (Å²) in [4.78, 5) is 0. The Hall–Kier alpha value is 0.270. The zero-order chi connectivity index (χ0) is 18.9. The van der Waals surface area contributed by atoms with Gasteiger partial charge in [-0.2, -0.15) is 0 Å². The Kier molecular flexibility index (Phi) is 17.9. The topological polar surface area (TPSA) is 36.9 Å². The summed E-state index contributed by atoms with van der Waals surface area (Å²) in [5.74, 6) is 0. The number of hydrogen-bond acceptors (Lipinski definition) is 4. The predicted octanol–water partition coefficient (Wildman–Crippen LogP) is 4.89. The molecule has 5 heteroatoms. The van der Waals surface area contributed by atoms with Crippen LogP contribution in [0.1, 0.15) is 67.2 Å². The molecule has 0 radical (unpaired) electrons. The summed E-state index contributed by atoms with van der Waals surface area (Å²) >= 11 is 0. The Balaban J connectivity index is 3.64. The van der Waals surface area contributed by atoms with Crippen molar-refractivity contribution in [3.63, 3.8) is 0 Å². The van der Waals surface area contributed by atoms with Crippen LogP contribution in [0, 0.1) is 0 Å². The molecule has 0 fully saturated rings. The van der Waals surface area contributed by atoms with Crippen LogP contribution in [-0.4, -0.2) is 63.2 Å². The van der Waals surface area contributed by atoms with Crippen molar-refractivity contribution >= 4 is 8.58 Å². The van der Waals surface area contributed by atoms with Crippen molar-refractivity contribution in [3.8, 4) is 0 Å². The van der Waals surface area contributed by atoms with Gasteiger partial charge in [-0.05, 0) is 38.0 Å². The molecule has 0 spiro atoms. The van der Waals surface area contributed by atoms with E-state index in [0.717, 1.165) is 47.8 Å². The molecule has 25 heavy (non-hydrogen) atoms. The molecule has 0 rings (SSSR count). The second kappa shape index (κ2) is 17.7. The predicted molar refractivity (Wildman–Crippen MR) is 110 cm³/mol. The number of unbranched alkanes of at least 4 members (excludes halogenated alkanes) is 2. The summed E-state index contributed by atoms with van der Waals surface area (Å²) in [6.07, 6.45) is 4.97. The van der Waals surface area contributed by atoms with Crippen molar-refractivity contribution in [1.29, 1.82) is 0 Å². The third-order valence-corrected chi connectivity index (χ3v) is 5.29. The summed E-state index contributed by atoms with van der Waals surface area (Å²) in [6.45, 7) is 17.7. The van der Waals surface area contributed by atoms with Crippen molar-refractivity contribution in [2.24, 2.45) is 0 Å². The molecule has 0 amide bonds. The first-order chi connectivity index (χ1) is 12.0. The molecular weight excluding hydrogens is 335 g/mol. The molecule has 0 N–H and O–H groups in total. The van der Waals surface area contributed by atoms with Crippen LogP contribution in [0.2, 0.25) is 0 Å². The van der Waals surface area contributed by atoms with Crippen LogP contribution in [-0.2, 0) is 18.9 Å². The van der Waals surface area contributed by atoms with Gasteiger partial charge in [0.2, 0.25) is 0 Å². The first-order valence-electron chi connectivity index (χ1n) is 10.1. The molecule has 0 bridgehead atoms. The zero-order valence-corrected chi connectivity index (χ0v) is 18.5. The molecule has 0 aliphatic heterocycles. The van der Waals surface area contributed by atoms with E-state index in [1.807, 2.05) is 0 Å². The van der Waals surface area contributed by atoms with Gasteiger partial charge in [0.05, 0.1) is 38.6 Å². The van der Waals surface area contributed by atoms with Crippen LogP contribution in [0.5, 0.6) is 0 Å². The van der Waals surface area contributed by atoms with Crippen LogP contribution in [0.15, 0.2) is 0 Å². The molecule has 0 heterocycles. The molecule has 152 valence electrons. The highest BCUT2D eigenvalue weighted by Crippen LogP contribution is 2.26. The highest BCUT2D eigenvalue weighted by atomic mass is 31.1. The summed E-state index contributed by atoms with van der Waals surface area (Å²) in [5, 5.41) is 0. The summed E-state index contributed by atoms with van der Waals surface area (Å²) in [5.41, 5.74) is 1.13. The van der Waals surface area contributed by atoms with Crippen molar-refractivity contribution in [1.82, 2.24) is 0 Å². The third-order valence-electron chi connectivity index (χ3n) is 3.82. The Morgan fingerprint density at radius 3 is 1.40 bits per heavy atom. The lowest BCUT2D eigenvalue weighted by Crippen LogP contribution is -2.23. The molecule has 0 aromatic carbocycles. The van der Waals surface area contributed by atoms with Gasteiger partial charge in [0.15, 0.2) is 0 Å². The fraction of sp³-hybridized carbons (Fsp3) is 1.00. The number of hydrogen-bond donors (Lipinski definition) is 0. The van der Waals surface area contributed by atoms with Crippen LogP contribution < -0.4 is 0 Å². The lowest BCUT2D eigenvalue weighted by atomic mass is 10.3. The molecule has 0 aliphatic carbocycles. The van der Waals surface area contributed by atoms with Gasteiger partial charge in [0, 0.05) is 13.2 Å². The largest absolute Gasteiger partial charge is 0.379 e. The van der Waals surface area contributed by atoms with Crippen LogP contribution >= 0.6 is 8.58 Å². The fourth-order valence-corrected chi connectivity index (χ4v) is 3.64. The quantitative estimate of drug-likeness (QED) is 0.251. The van der Waals surface area contributed by atoms with Crippen LogP contribution in [0.25, 0.3) is 0 Å². The highest BCUT2D eigenvalue weighted by Gasteiger charge is 2.13. The van der Waals surface area contributed by atoms with Crippen molar-refractivity contribution < 1.29 is 18.9 Å². The van der Waals surface area contributed by atoms with E-state index < -0.39 is 0 Å². The average Bonchev–Trinajstić information content (AvgIpc) is 2.59. The van der Waals surface area contributed by atoms with Crippen molar-refractivity contribution in [3.05, 3.63) is 0 Å². The van der Waals surface area contributed by atoms with Gasteiger partial charge >= 0.3 is 0 Å². The van der Waals surface area contributed by atoms with Gasteiger partial charge in [-0.15, -0.1) is 8.58 Å². The zero-order valence-electron chi connectivity index (χ0n) is 17.5. The first kappa shape index (κ1) is 25.3. The minimum absolute atomic E-state index is 0.177. The van der Waals surface area contributed by atoms with E-state index in [2.05, 4.69) is 41.5 Å². The van der Waals surface area contributed by atoms with E-state index in [1.54, 1.807) is 0 Å². The monoisotopic (exact) mass is 378 g/mol. The second-order valence-corrected chi connectivity index (χ2v) is 9.42. The van der Waals surface area contributed by atoms with E-state index >= 15 is 0 Å². The normalized spacial score (nSPS) is 17.0. The molecule has 4 unspecified atom stereocenters. The molecule has 0 aliphatic rings. The molecule has 0 aromatic rings. The Morgan fingerprint density at radius 2 is 1.04 bits per heavy atom. The SMILES string of the molecule is CCCCOCC(C)OCC(C)PC(C)COC(C)COCCCC. The number of rotatable bonds is 18. The molecule has 0 saturated carbocycles. The third kappa shape index (κ3) is 17.4. The smallest absolute Gasteiger partial charge is 0.0780 e. The van der Waals surface area contributed by atoms with Gasteiger partial charge in [-0.25, -0.2) is 0 Å². The van der Waals surface area contributed by atoms with E-state index in [0.29, 0.717) is 24.5 Å². The Labute approximate surface area is 158 Å². The molecule has 4 nitrogen and oxygen atoms in total. The maximum Gasteiger partial charge on any atom is 0.0780 e. The van der Waals surface area contributed by atoms with E-state index in [9.17, 15) is 0 Å². The standard InChI is InChI=1S/C20H43O4P/c1-7-9-11-21-13-17(3)23-15-19(5)25-20(6)16-24-18(4)14-22-12-10-8-2/h17-20,25H,7-16H2,1-6H3. The Bertz CT molecular complexity index is 252. The maximum atomic E-state index is 5.91. The fourth-order valence-electron chi connectivity index (χ4n) is 2.29. The highest BCUT2D eigenvalue weighted by molar-refractivity contribution is 7.39. The lowest BCUT2D eigenvalue weighted by Gasteiger charge is -2.22. The first-order valence-corrected chi connectivity index (χ1v) is 11.3. The second-order valence-electron chi connectivity index (χ2n) is 7.11. The van der Waals surface area contributed by atoms with Gasteiger partial charge < -0.3 is 18.9 Å². The summed E-state index contributed by atoms with van der Waals surface area (Å²) in [6, 6.07) is 0. The van der Waals surface area contributed by atoms with Crippen LogP contribution in [0.4, 0.5) is 0 Å².